The van der Waals surface area contributed by atoms with Crippen LogP contribution in [0.5, 0.6) is 0 Å². The summed E-state index contributed by atoms with van der Waals surface area (Å²) < 4.78 is 23.7. The Bertz CT molecular complexity index is 3180. The molecule has 1 atom stereocenters. The number of rotatable bonds is 29. The number of primary amides is 1. The lowest BCUT2D eigenvalue weighted by molar-refractivity contribution is -0.131. The number of nitrogens with two attached hydrogens (primary N) is 1. The van der Waals surface area contributed by atoms with E-state index in [0.29, 0.717) is 64.7 Å². The van der Waals surface area contributed by atoms with E-state index in [4.69, 9.17) is 29.7 Å². The summed E-state index contributed by atoms with van der Waals surface area (Å²) in [7, 11) is 0. The molecular formula is C56H64N10O12. The molecule has 8 rings (SSSR count). The number of benzene rings is 3. The number of carbonyl (C=O) groups is 7. The molecule has 3 aromatic carbocycles. The van der Waals surface area contributed by atoms with E-state index in [2.05, 4.69) is 61.0 Å². The van der Waals surface area contributed by atoms with E-state index in [1.54, 1.807) is 6.20 Å². The SMILES string of the molecule is NC(=O)c1cccc(NC(=O)CCC(=O)NCCOCCOCCOCCOCCNC(=O)CNC2(c3ccc(-c4nc5ccn6c(=O)[nH]nc6c5cc4-c4ccccc4)cc3)CCC2)c1C(=O)C[C@H]1CCCC(=O)NC1=O. The quantitative estimate of drug-likeness (QED) is 0.0200. The van der Waals surface area contributed by atoms with Crippen molar-refractivity contribution in [3.63, 3.8) is 0 Å². The molecule has 1 aliphatic carbocycles. The van der Waals surface area contributed by atoms with Gasteiger partial charge in [-0.1, -0.05) is 60.7 Å². The van der Waals surface area contributed by atoms with Crippen molar-refractivity contribution in [2.24, 2.45) is 11.7 Å². The number of imide groups is 1. The van der Waals surface area contributed by atoms with Gasteiger partial charge in [0.05, 0.1) is 87.4 Å². The number of nitrogens with one attached hydrogen (secondary N) is 6. The van der Waals surface area contributed by atoms with Crippen LogP contribution in [0.2, 0.25) is 0 Å². The zero-order chi connectivity index (χ0) is 54.9. The van der Waals surface area contributed by atoms with E-state index in [0.717, 1.165) is 58.1 Å². The molecule has 3 aromatic heterocycles. The zero-order valence-electron chi connectivity index (χ0n) is 43.2. The molecule has 0 radical (unpaired) electrons. The van der Waals surface area contributed by atoms with E-state index in [1.165, 1.54) is 22.6 Å². The van der Waals surface area contributed by atoms with Gasteiger partial charge in [-0.05, 0) is 67.5 Å². The monoisotopic (exact) mass is 1070 g/mol. The first-order chi connectivity index (χ1) is 37.9. The van der Waals surface area contributed by atoms with E-state index in [9.17, 15) is 38.4 Å². The van der Waals surface area contributed by atoms with Crippen LogP contribution < -0.4 is 38.0 Å². The number of nitrogens with zero attached hydrogens (tertiary/aromatic N) is 3. The number of H-pyrrole nitrogens is 1. The van der Waals surface area contributed by atoms with E-state index in [-0.39, 0.29) is 85.9 Å². The van der Waals surface area contributed by atoms with Gasteiger partial charge in [-0.15, -0.1) is 0 Å². The van der Waals surface area contributed by atoms with Crippen LogP contribution in [-0.2, 0) is 48.5 Å². The highest BCUT2D eigenvalue weighted by molar-refractivity contribution is 6.14. The molecule has 0 bridgehead atoms. The maximum atomic E-state index is 13.4. The Kier molecular flexibility index (Phi) is 19.7. The number of aromatic nitrogens is 4. The minimum absolute atomic E-state index is 0.0255. The lowest BCUT2D eigenvalue weighted by Gasteiger charge is -2.43. The maximum Gasteiger partial charge on any atom is 0.347 e. The van der Waals surface area contributed by atoms with E-state index >= 15 is 0 Å². The molecule has 0 unspecified atom stereocenters. The molecule has 1 aliphatic heterocycles. The number of fused-ring (bicyclic) bond motifs is 3. The van der Waals surface area contributed by atoms with Crippen LogP contribution in [0.1, 0.15) is 84.1 Å². The van der Waals surface area contributed by atoms with Crippen molar-refractivity contribution in [1.82, 2.24) is 40.8 Å². The van der Waals surface area contributed by atoms with Gasteiger partial charge in [-0.2, -0.15) is 5.10 Å². The molecule has 4 heterocycles. The number of pyridine rings is 2. The van der Waals surface area contributed by atoms with Crippen molar-refractivity contribution in [3.8, 4) is 22.4 Å². The fraction of sp³-hybridized carbons (Fsp3) is 0.393. The zero-order valence-corrected chi connectivity index (χ0v) is 43.2. The molecule has 1 saturated heterocycles. The molecular weight excluding hydrogens is 1000 g/mol. The van der Waals surface area contributed by atoms with Gasteiger partial charge in [0.2, 0.25) is 35.4 Å². The van der Waals surface area contributed by atoms with Gasteiger partial charge >= 0.3 is 5.69 Å². The van der Waals surface area contributed by atoms with Crippen molar-refractivity contribution in [1.29, 1.82) is 0 Å². The molecule has 22 heteroatoms. The van der Waals surface area contributed by atoms with Crippen LogP contribution in [0.4, 0.5) is 5.69 Å². The normalized spacial score (nSPS) is 15.1. The van der Waals surface area contributed by atoms with Crippen molar-refractivity contribution in [2.45, 2.75) is 63.3 Å². The Balaban J connectivity index is 0.644. The third-order valence-electron chi connectivity index (χ3n) is 13.7. The van der Waals surface area contributed by atoms with Gasteiger partial charge in [-0.25, -0.2) is 19.3 Å². The van der Waals surface area contributed by atoms with Gasteiger partial charge in [-0.3, -0.25) is 44.2 Å². The molecule has 410 valence electrons. The standard InChI is InChI=1S/C56H64N10O12/c57-52(72)40-10-5-11-44(50(40)45(67)33-38-9-4-12-47(69)63-54(38)73)61-48(70)18-17-46(68)58-22-25-75-27-29-77-31-32-78-30-28-76-26-23-59-49(71)35-60-56(20-6-21-56)39-15-13-37(14-16-39)51-41(36-7-2-1-3-8-36)34-42-43(62-51)19-24-66-53(42)64-65-55(66)74/h1-3,5,7-8,10-11,13-16,19,24,34,38,60H,4,6,9,12,17-18,20-23,25-33,35H2,(H2,57,72)(H,58,68)(H,59,71)(H,61,70)(H,65,74)(H,63,69,73)/t38-/m1/s1. The van der Waals surface area contributed by atoms with Gasteiger partial charge in [0, 0.05) is 72.9 Å². The topological polar surface area (TPSA) is 306 Å². The number of ether oxygens (including phenoxy) is 4. The minimum Gasteiger partial charge on any atom is -0.377 e. The van der Waals surface area contributed by atoms with Crippen LogP contribution in [0.15, 0.2) is 95.9 Å². The van der Waals surface area contributed by atoms with Crippen LogP contribution in [0, 0.1) is 5.92 Å². The summed E-state index contributed by atoms with van der Waals surface area (Å²) in [6, 6.07) is 26.5. The largest absolute Gasteiger partial charge is 0.377 e. The number of Topliss-reactive ketones (excluding diaryl/α,β-unsaturated/α-hetero) is 1. The number of anilines is 1. The molecule has 2 aliphatic rings. The van der Waals surface area contributed by atoms with Gasteiger partial charge in [0.1, 0.15) is 0 Å². The Morgan fingerprint density at radius 1 is 0.731 bits per heavy atom. The molecule has 6 aromatic rings. The first-order valence-electron chi connectivity index (χ1n) is 26.1. The number of amides is 6. The predicted molar refractivity (Wildman–Crippen MR) is 287 cm³/mol. The first kappa shape index (κ1) is 56.2. The summed E-state index contributed by atoms with van der Waals surface area (Å²) in [6.45, 7) is 3.28. The first-order valence-corrected chi connectivity index (χ1v) is 26.1. The molecule has 8 N–H and O–H groups in total. The summed E-state index contributed by atoms with van der Waals surface area (Å²) in [5, 5.41) is 21.5. The molecule has 22 nitrogen and oxygen atoms in total. The third kappa shape index (κ3) is 14.7. The summed E-state index contributed by atoms with van der Waals surface area (Å²) >= 11 is 0. The van der Waals surface area contributed by atoms with Gasteiger partial charge < -0.3 is 40.6 Å². The summed E-state index contributed by atoms with van der Waals surface area (Å²) in [5.74, 6) is -4.37. The maximum absolute atomic E-state index is 13.4. The number of aromatic amines is 1. The highest BCUT2D eigenvalue weighted by Gasteiger charge is 2.38. The Hall–Kier alpha value is -8.02. The number of ketones is 1. The Labute approximate surface area is 448 Å². The summed E-state index contributed by atoms with van der Waals surface area (Å²) in [5.41, 5.74) is 10.7. The number of hydrogen-bond acceptors (Lipinski definition) is 15. The second kappa shape index (κ2) is 27.3. The Morgan fingerprint density at radius 3 is 2.06 bits per heavy atom. The predicted octanol–water partition coefficient (Wildman–Crippen LogP) is 3.71. The van der Waals surface area contributed by atoms with Crippen LogP contribution in [-0.4, -0.2) is 133 Å². The van der Waals surface area contributed by atoms with Crippen molar-refractivity contribution >= 4 is 63.5 Å². The fourth-order valence-corrected chi connectivity index (χ4v) is 9.47. The van der Waals surface area contributed by atoms with Crippen molar-refractivity contribution < 1.29 is 52.5 Å². The highest BCUT2D eigenvalue weighted by Crippen LogP contribution is 2.42. The van der Waals surface area contributed by atoms with Crippen LogP contribution in [0.25, 0.3) is 38.9 Å². The third-order valence-corrected chi connectivity index (χ3v) is 13.7. The second-order valence-electron chi connectivity index (χ2n) is 19.0. The lowest BCUT2D eigenvalue weighted by Crippen LogP contribution is -2.51. The summed E-state index contributed by atoms with van der Waals surface area (Å²) in [6.07, 6.45) is 4.77. The van der Waals surface area contributed by atoms with E-state index in [1.807, 2.05) is 42.5 Å². The smallest absolute Gasteiger partial charge is 0.347 e. The molecule has 78 heavy (non-hydrogen) atoms. The average Bonchev–Trinajstić information content (AvgIpc) is 3.91. The van der Waals surface area contributed by atoms with Crippen LogP contribution in [0.3, 0.4) is 0 Å². The average molecular weight is 1070 g/mol. The molecule has 6 amide bonds. The molecule has 0 spiro atoms. The number of carbonyl (C=O) groups excluding carboxylic acids is 7. The lowest BCUT2D eigenvalue weighted by atomic mass is 9.71. The minimum atomic E-state index is -0.896. The van der Waals surface area contributed by atoms with Gasteiger partial charge in [0.25, 0.3) is 0 Å². The van der Waals surface area contributed by atoms with Crippen molar-refractivity contribution in [2.75, 3.05) is 77.8 Å². The molecule has 1 saturated carbocycles. The fourth-order valence-electron chi connectivity index (χ4n) is 9.47. The summed E-state index contributed by atoms with van der Waals surface area (Å²) in [4.78, 5) is 105. The highest BCUT2D eigenvalue weighted by atomic mass is 16.6. The molecule has 2 fully saturated rings. The second-order valence-corrected chi connectivity index (χ2v) is 19.0. The number of hydrogen-bond donors (Lipinski definition) is 7. The van der Waals surface area contributed by atoms with Gasteiger partial charge in [0.15, 0.2) is 11.4 Å². The van der Waals surface area contributed by atoms with Crippen molar-refractivity contribution in [3.05, 3.63) is 118 Å². The Morgan fingerprint density at radius 2 is 1.40 bits per heavy atom. The van der Waals surface area contributed by atoms with Crippen LogP contribution >= 0.6 is 0 Å². The van der Waals surface area contributed by atoms with E-state index < -0.39 is 41.2 Å².